The van der Waals surface area contributed by atoms with Crippen LogP contribution in [0, 0.1) is 13.8 Å². The Morgan fingerprint density at radius 2 is 1.67 bits per heavy atom. The smallest absolute Gasteiger partial charge is 0.331 e. The third kappa shape index (κ3) is 3.20. The fourth-order valence-electron chi connectivity index (χ4n) is 1.37. The third-order valence-electron chi connectivity index (χ3n) is 2.99. The van der Waals surface area contributed by atoms with Crippen molar-refractivity contribution in [1.82, 2.24) is 0 Å². The molecule has 0 aliphatic heterocycles. The van der Waals surface area contributed by atoms with Gasteiger partial charge in [-0.15, -0.1) is 0 Å². The summed E-state index contributed by atoms with van der Waals surface area (Å²) in [6, 6.07) is 5.56. The number of aliphatic carboxylic acids is 1. The Kier molecular flexibility index (Phi) is 4.26. The quantitative estimate of drug-likeness (QED) is 0.807. The summed E-state index contributed by atoms with van der Waals surface area (Å²) < 4.78 is 0. The van der Waals surface area contributed by atoms with Crippen molar-refractivity contribution in [3.8, 4) is 0 Å². The first-order valence-corrected chi connectivity index (χ1v) is 5.62. The van der Waals surface area contributed by atoms with Gasteiger partial charge in [0.2, 0.25) is 0 Å². The number of hydrogen-bond donors (Lipinski definition) is 2. The first-order chi connectivity index (χ1) is 8.32. The molecular weight excluding hydrogens is 230 g/mol. The van der Waals surface area contributed by atoms with Crippen LogP contribution in [-0.2, 0) is 9.59 Å². The van der Waals surface area contributed by atoms with E-state index in [1.54, 1.807) is 6.07 Å². The normalized spacial score (nSPS) is 11.8. The largest absolute Gasteiger partial charge is 0.478 e. The van der Waals surface area contributed by atoms with Gasteiger partial charge in [0, 0.05) is 16.8 Å². The molecule has 1 aromatic carbocycles. The summed E-state index contributed by atoms with van der Waals surface area (Å²) in [6.45, 7) is 6.86. The van der Waals surface area contributed by atoms with Crippen LogP contribution in [-0.4, -0.2) is 17.0 Å². The number of hydrogen-bond acceptors (Lipinski definition) is 2. The van der Waals surface area contributed by atoms with E-state index in [1.807, 2.05) is 26.0 Å². The highest BCUT2D eigenvalue weighted by Crippen LogP contribution is 2.15. The maximum absolute atomic E-state index is 11.8. The molecule has 4 nitrogen and oxygen atoms in total. The summed E-state index contributed by atoms with van der Waals surface area (Å²) >= 11 is 0. The monoisotopic (exact) mass is 247 g/mol. The minimum Gasteiger partial charge on any atom is -0.478 e. The fourth-order valence-corrected chi connectivity index (χ4v) is 1.37. The molecule has 0 spiro atoms. The van der Waals surface area contributed by atoms with Crippen molar-refractivity contribution in [2.75, 3.05) is 5.32 Å². The molecule has 4 heteroatoms. The number of aryl methyl sites for hydroxylation is 2. The minimum absolute atomic E-state index is 0.0522. The molecule has 0 bridgehead atoms. The second-order valence-electron chi connectivity index (χ2n) is 4.31. The molecule has 0 atom stereocenters. The second-order valence-corrected chi connectivity index (χ2v) is 4.31. The first kappa shape index (κ1) is 14.0. The average Bonchev–Trinajstić information content (AvgIpc) is 2.31. The van der Waals surface area contributed by atoms with E-state index in [-0.39, 0.29) is 11.1 Å². The van der Waals surface area contributed by atoms with Crippen LogP contribution in [0.15, 0.2) is 29.3 Å². The molecule has 0 aliphatic carbocycles. The molecule has 2 N–H and O–H groups in total. The van der Waals surface area contributed by atoms with Crippen LogP contribution >= 0.6 is 0 Å². The minimum atomic E-state index is -1.08. The van der Waals surface area contributed by atoms with Crippen molar-refractivity contribution in [1.29, 1.82) is 0 Å². The van der Waals surface area contributed by atoms with Gasteiger partial charge in [-0.3, -0.25) is 4.79 Å². The molecule has 1 rings (SSSR count). The van der Waals surface area contributed by atoms with E-state index in [2.05, 4.69) is 5.32 Å². The lowest BCUT2D eigenvalue weighted by molar-refractivity contribution is -0.133. The zero-order chi connectivity index (χ0) is 13.9. The Balaban J connectivity index is 2.92. The molecule has 0 aromatic heterocycles. The SMILES string of the molecule is CC(C(=O)O)=C(C)C(=O)Nc1ccc(C)c(C)c1. The van der Waals surface area contributed by atoms with Gasteiger partial charge in [0.05, 0.1) is 0 Å². The number of carbonyl (C=O) groups excluding carboxylic acids is 1. The summed E-state index contributed by atoms with van der Waals surface area (Å²) in [5.74, 6) is -1.47. The van der Waals surface area contributed by atoms with Crippen molar-refractivity contribution >= 4 is 17.6 Å². The number of carboxylic acids is 1. The van der Waals surface area contributed by atoms with Crippen molar-refractivity contribution in [3.63, 3.8) is 0 Å². The molecule has 0 radical (unpaired) electrons. The lowest BCUT2D eigenvalue weighted by Gasteiger charge is -2.08. The summed E-state index contributed by atoms with van der Waals surface area (Å²) in [5.41, 5.74) is 3.14. The van der Waals surface area contributed by atoms with E-state index in [0.717, 1.165) is 11.1 Å². The third-order valence-corrected chi connectivity index (χ3v) is 2.99. The van der Waals surface area contributed by atoms with Crippen LogP contribution < -0.4 is 5.32 Å². The topological polar surface area (TPSA) is 66.4 Å². The highest BCUT2D eigenvalue weighted by Gasteiger charge is 2.12. The number of anilines is 1. The second kappa shape index (κ2) is 5.49. The Labute approximate surface area is 106 Å². The standard InChI is InChI=1S/C14H17NO3/c1-8-5-6-12(7-9(8)2)15-13(16)10(3)11(4)14(17)18/h5-7H,1-4H3,(H,15,16)(H,17,18). The Hall–Kier alpha value is -2.10. The summed E-state index contributed by atoms with van der Waals surface area (Å²) in [5, 5.41) is 11.5. The van der Waals surface area contributed by atoms with Crippen molar-refractivity contribution in [2.45, 2.75) is 27.7 Å². The Morgan fingerprint density at radius 3 is 2.17 bits per heavy atom. The van der Waals surface area contributed by atoms with Gasteiger partial charge in [0.1, 0.15) is 0 Å². The van der Waals surface area contributed by atoms with Crippen molar-refractivity contribution in [2.24, 2.45) is 0 Å². The Morgan fingerprint density at radius 1 is 1.06 bits per heavy atom. The zero-order valence-electron chi connectivity index (χ0n) is 11.0. The Bertz CT molecular complexity index is 530. The van der Waals surface area contributed by atoms with Crippen LogP contribution in [0.25, 0.3) is 0 Å². The maximum atomic E-state index is 11.8. The molecule has 0 heterocycles. The number of carbonyl (C=O) groups is 2. The first-order valence-electron chi connectivity index (χ1n) is 5.62. The van der Waals surface area contributed by atoms with Gasteiger partial charge < -0.3 is 10.4 Å². The molecule has 0 aliphatic rings. The summed E-state index contributed by atoms with van der Waals surface area (Å²) in [6.07, 6.45) is 0. The number of benzene rings is 1. The maximum Gasteiger partial charge on any atom is 0.331 e. The van der Waals surface area contributed by atoms with E-state index in [1.165, 1.54) is 13.8 Å². The molecule has 1 amide bonds. The molecule has 0 unspecified atom stereocenters. The number of nitrogens with one attached hydrogen (secondary N) is 1. The average molecular weight is 247 g/mol. The van der Waals surface area contributed by atoms with E-state index < -0.39 is 11.9 Å². The molecule has 96 valence electrons. The fraction of sp³-hybridized carbons (Fsp3) is 0.286. The number of amides is 1. The van der Waals surface area contributed by atoms with E-state index in [9.17, 15) is 9.59 Å². The van der Waals surface area contributed by atoms with Crippen molar-refractivity contribution in [3.05, 3.63) is 40.5 Å². The summed E-state index contributed by atoms with van der Waals surface area (Å²) in [7, 11) is 0. The van der Waals surface area contributed by atoms with Crippen LogP contribution in [0.3, 0.4) is 0 Å². The summed E-state index contributed by atoms with van der Waals surface area (Å²) in [4.78, 5) is 22.6. The molecule has 1 aromatic rings. The molecular formula is C14H17NO3. The highest BCUT2D eigenvalue weighted by molar-refractivity contribution is 6.08. The van der Waals surface area contributed by atoms with Crippen LogP contribution in [0.1, 0.15) is 25.0 Å². The van der Waals surface area contributed by atoms with Crippen LogP contribution in [0.4, 0.5) is 5.69 Å². The van der Waals surface area contributed by atoms with Gasteiger partial charge in [-0.1, -0.05) is 6.07 Å². The van der Waals surface area contributed by atoms with Crippen LogP contribution in [0.5, 0.6) is 0 Å². The van der Waals surface area contributed by atoms with Gasteiger partial charge in [0.25, 0.3) is 5.91 Å². The van der Waals surface area contributed by atoms with Gasteiger partial charge in [0.15, 0.2) is 0 Å². The van der Waals surface area contributed by atoms with Gasteiger partial charge >= 0.3 is 5.97 Å². The van der Waals surface area contributed by atoms with Crippen molar-refractivity contribution < 1.29 is 14.7 Å². The van der Waals surface area contributed by atoms with E-state index in [4.69, 9.17) is 5.11 Å². The molecule has 0 fully saturated rings. The predicted molar refractivity (Wildman–Crippen MR) is 70.6 cm³/mol. The number of rotatable bonds is 3. The lowest BCUT2D eigenvalue weighted by atomic mass is 10.1. The zero-order valence-corrected chi connectivity index (χ0v) is 11.0. The number of carboxylic acid groups (broad SMARTS) is 1. The lowest BCUT2D eigenvalue weighted by Crippen LogP contribution is -2.16. The molecule has 0 saturated heterocycles. The van der Waals surface area contributed by atoms with Gasteiger partial charge in [-0.05, 0) is 51.0 Å². The van der Waals surface area contributed by atoms with Gasteiger partial charge in [-0.2, -0.15) is 0 Å². The highest BCUT2D eigenvalue weighted by atomic mass is 16.4. The van der Waals surface area contributed by atoms with E-state index >= 15 is 0 Å². The predicted octanol–water partition coefficient (Wildman–Crippen LogP) is 2.66. The molecule has 18 heavy (non-hydrogen) atoms. The van der Waals surface area contributed by atoms with Gasteiger partial charge in [-0.25, -0.2) is 4.79 Å². The molecule has 0 saturated carbocycles. The van der Waals surface area contributed by atoms with Crippen LogP contribution in [0.2, 0.25) is 0 Å². The van der Waals surface area contributed by atoms with E-state index in [0.29, 0.717) is 5.69 Å².